The van der Waals surface area contributed by atoms with Crippen molar-refractivity contribution >= 4 is 18.5 Å². The van der Waals surface area contributed by atoms with Gasteiger partial charge in [0.1, 0.15) is 0 Å². The lowest BCUT2D eigenvalue weighted by Crippen LogP contribution is -2.50. The first kappa shape index (κ1) is 19.3. The Bertz CT molecular complexity index is 511. The summed E-state index contributed by atoms with van der Waals surface area (Å²) >= 11 is 4.48. The van der Waals surface area contributed by atoms with Crippen LogP contribution in [0.3, 0.4) is 0 Å². The van der Waals surface area contributed by atoms with Crippen LogP contribution in [0.5, 0.6) is 0 Å². The van der Waals surface area contributed by atoms with E-state index in [0.717, 1.165) is 19.4 Å². The van der Waals surface area contributed by atoms with E-state index in [0.29, 0.717) is 17.8 Å². The Balaban J connectivity index is 1.93. The van der Waals surface area contributed by atoms with Gasteiger partial charge in [-0.2, -0.15) is 12.6 Å². The minimum Gasteiger partial charge on any atom is -0.353 e. The highest BCUT2D eigenvalue weighted by Crippen LogP contribution is 2.17. The summed E-state index contributed by atoms with van der Waals surface area (Å²) in [6, 6.07) is 10.6. The molecular formula is C19H31N3OS. The predicted octanol–water partition coefficient (Wildman–Crippen LogP) is 2.53. The number of carbonyl (C=O) groups is 1. The fourth-order valence-electron chi connectivity index (χ4n) is 3.13. The summed E-state index contributed by atoms with van der Waals surface area (Å²) in [5.74, 6) is 0.377. The van der Waals surface area contributed by atoms with E-state index in [4.69, 9.17) is 0 Å². The van der Waals surface area contributed by atoms with E-state index in [1.165, 1.54) is 5.56 Å². The van der Waals surface area contributed by atoms with Crippen LogP contribution in [-0.2, 0) is 4.79 Å². The van der Waals surface area contributed by atoms with Gasteiger partial charge in [-0.05, 0) is 24.8 Å². The van der Waals surface area contributed by atoms with Crippen molar-refractivity contribution in [3.63, 3.8) is 0 Å². The molecule has 0 spiro atoms. The van der Waals surface area contributed by atoms with Gasteiger partial charge in [-0.25, -0.2) is 0 Å². The Kier molecular flexibility index (Phi) is 7.59. The van der Waals surface area contributed by atoms with Crippen LogP contribution >= 0.6 is 12.6 Å². The van der Waals surface area contributed by atoms with Crippen molar-refractivity contribution in [3.05, 3.63) is 35.9 Å². The molecule has 5 atom stereocenters. The van der Waals surface area contributed by atoms with Crippen LogP contribution < -0.4 is 16.0 Å². The highest BCUT2D eigenvalue weighted by Gasteiger charge is 2.27. The first-order valence-electron chi connectivity index (χ1n) is 9.01. The molecule has 1 aromatic rings. The minimum absolute atomic E-state index is 0.0940. The summed E-state index contributed by atoms with van der Waals surface area (Å²) in [7, 11) is 0. The van der Waals surface area contributed by atoms with Gasteiger partial charge in [0.2, 0.25) is 5.91 Å². The van der Waals surface area contributed by atoms with Crippen molar-refractivity contribution in [2.45, 2.75) is 57.0 Å². The van der Waals surface area contributed by atoms with Crippen molar-refractivity contribution in [1.29, 1.82) is 0 Å². The lowest BCUT2D eigenvalue weighted by atomic mass is 9.96. The van der Waals surface area contributed by atoms with Crippen LogP contribution in [0.1, 0.15) is 45.2 Å². The van der Waals surface area contributed by atoms with Gasteiger partial charge in [-0.3, -0.25) is 10.1 Å². The van der Waals surface area contributed by atoms with Crippen LogP contribution in [0.4, 0.5) is 0 Å². The zero-order chi connectivity index (χ0) is 17.5. The number of nitrogens with one attached hydrogen (secondary N) is 3. The standard InChI is InChI=1S/C19H31N3OS/c1-4-13(2)18(22-14(3)15-8-6-5-7-9-15)19(23)21-11-16-10-17(24)12-20-16/h5-9,13-14,16-18,20,22,24H,4,10-12H2,1-3H3,(H,21,23)/t13-,14?,16?,17?,18-/m0/s1. The molecule has 1 aromatic carbocycles. The van der Waals surface area contributed by atoms with Crippen molar-refractivity contribution in [3.8, 4) is 0 Å². The van der Waals surface area contributed by atoms with Crippen molar-refractivity contribution in [1.82, 2.24) is 16.0 Å². The fraction of sp³-hybridized carbons (Fsp3) is 0.632. The first-order valence-corrected chi connectivity index (χ1v) is 9.53. The normalized spacial score (nSPS) is 24.3. The third kappa shape index (κ3) is 5.50. The molecule has 0 aliphatic carbocycles. The molecule has 4 nitrogen and oxygen atoms in total. The summed E-state index contributed by atoms with van der Waals surface area (Å²) in [5, 5.41) is 10.4. The molecule has 134 valence electrons. The minimum atomic E-state index is -0.182. The fourth-order valence-corrected chi connectivity index (χ4v) is 3.49. The van der Waals surface area contributed by atoms with Crippen LogP contribution in [0, 0.1) is 5.92 Å². The maximum absolute atomic E-state index is 12.7. The molecule has 0 aromatic heterocycles. The molecule has 1 aliphatic heterocycles. The largest absolute Gasteiger partial charge is 0.353 e. The summed E-state index contributed by atoms with van der Waals surface area (Å²) in [6.07, 6.45) is 1.97. The van der Waals surface area contributed by atoms with Gasteiger partial charge >= 0.3 is 0 Å². The first-order chi connectivity index (χ1) is 11.5. The van der Waals surface area contributed by atoms with E-state index >= 15 is 0 Å². The molecular weight excluding hydrogens is 318 g/mol. The monoisotopic (exact) mass is 349 g/mol. The summed E-state index contributed by atoms with van der Waals surface area (Å²) < 4.78 is 0. The van der Waals surface area contributed by atoms with Crippen molar-refractivity contribution in [2.24, 2.45) is 5.92 Å². The molecule has 1 saturated heterocycles. The van der Waals surface area contributed by atoms with Crippen LogP contribution in [-0.4, -0.2) is 36.3 Å². The summed E-state index contributed by atoms with van der Waals surface area (Å²) in [6.45, 7) is 7.96. The molecule has 1 aliphatic rings. The summed E-state index contributed by atoms with van der Waals surface area (Å²) in [4.78, 5) is 12.7. The molecule has 3 N–H and O–H groups in total. The molecule has 1 heterocycles. The van der Waals surface area contributed by atoms with E-state index < -0.39 is 0 Å². The third-order valence-electron chi connectivity index (χ3n) is 4.95. The van der Waals surface area contributed by atoms with Crippen LogP contribution in [0.15, 0.2) is 30.3 Å². The molecule has 2 rings (SSSR count). The SMILES string of the molecule is CC[C@H](C)[C@H](NC(C)c1ccccc1)C(=O)NCC1CC(S)CN1. The van der Waals surface area contributed by atoms with E-state index in [-0.39, 0.29) is 23.9 Å². The van der Waals surface area contributed by atoms with Gasteiger partial charge in [0, 0.05) is 30.4 Å². The van der Waals surface area contributed by atoms with Gasteiger partial charge in [0.15, 0.2) is 0 Å². The second-order valence-electron chi connectivity index (χ2n) is 6.90. The zero-order valence-electron chi connectivity index (χ0n) is 15.0. The van der Waals surface area contributed by atoms with Gasteiger partial charge in [-0.1, -0.05) is 50.6 Å². The second kappa shape index (κ2) is 9.44. The number of amides is 1. The second-order valence-corrected chi connectivity index (χ2v) is 7.63. The number of carbonyl (C=O) groups excluding carboxylic acids is 1. The number of hydrogen-bond acceptors (Lipinski definition) is 4. The summed E-state index contributed by atoms with van der Waals surface area (Å²) in [5.41, 5.74) is 1.20. The Hall–Kier alpha value is -1.04. The Labute approximate surface area is 151 Å². The lowest BCUT2D eigenvalue weighted by Gasteiger charge is -2.28. The Morgan fingerprint density at radius 2 is 2.04 bits per heavy atom. The third-order valence-corrected chi connectivity index (χ3v) is 5.34. The van der Waals surface area contributed by atoms with Crippen molar-refractivity contribution in [2.75, 3.05) is 13.1 Å². The molecule has 1 amide bonds. The molecule has 1 fully saturated rings. The van der Waals surface area contributed by atoms with Gasteiger partial charge in [0.25, 0.3) is 0 Å². The molecule has 0 saturated carbocycles. The highest BCUT2D eigenvalue weighted by atomic mass is 32.1. The van der Waals surface area contributed by atoms with E-state index in [9.17, 15) is 4.79 Å². The molecule has 0 bridgehead atoms. The van der Waals surface area contributed by atoms with Crippen LogP contribution in [0.2, 0.25) is 0 Å². The Morgan fingerprint density at radius 1 is 1.33 bits per heavy atom. The zero-order valence-corrected chi connectivity index (χ0v) is 15.9. The number of benzene rings is 1. The average Bonchev–Trinajstić information content (AvgIpc) is 3.02. The topological polar surface area (TPSA) is 53.2 Å². The predicted molar refractivity (Wildman–Crippen MR) is 103 cm³/mol. The highest BCUT2D eigenvalue weighted by molar-refractivity contribution is 7.81. The number of rotatable bonds is 8. The van der Waals surface area contributed by atoms with Crippen molar-refractivity contribution < 1.29 is 4.79 Å². The van der Waals surface area contributed by atoms with E-state index in [1.807, 2.05) is 18.2 Å². The van der Waals surface area contributed by atoms with Gasteiger partial charge in [-0.15, -0.1) is 0 Å². The van der Waals surface area contributed by atoms with E-state index in [1.54, 1.807) is 0 Å². The van der Waals surface area contributed by atoms with Crippen LogP contribution in [0.25, 0.3) is 0 Å². The molecule has 5 heteroatoms. The van der Waals surface area contributed by atoms with Gasteiger partial charge < -0.3 is 10.6 Å². The number of hydrogen-bond donors (Lipinski definition) is 4. The number of thiol groups is 1. The van der Waals surface area contributed by atoms with E-state index in [2.05, 4.69) is 61.5 Å². The maximum atomic E-state index is 12.7. The maximum Gasteiger partial charge on any atom is 0.237 e. The molecule has 24 heavy (non-hydrogen) atoms. The average molecular weight is 350 g/mol. The molecule has 3 unspecified atom stereocenters. The van der Waals surface area contributed by atoms with Gasteiger partial charge in [0.05, 0.1) is 6.04 Å². The quantitative estimate of drug-likeness (QED) is 0.546. The smallest absolute Gasteiger partial charge is 0.237 e. The Morgan fingerprint density at radius 3 is 2.62 bits per heavy atom. The lowest BCUT2D eigenvalue weighted by molar-refractivity contribution is -0.124. The molecule has 0 radical (unpaired) electrons.